The van der Waals surface area contributed by atoms with E-state index in [1.165, 1.54) is 12.1 Å². The zero-order chi connectivity index (χ0) is 21.1. The summed E-state index contributed by atoms with van der Waals surface area (Å²) in [5, 5.41) is 13.9. The normalized spacial score (nSPS) is 11.1. The van der Waals surface area contributed by atoms with Gasteiger partial charge in [-0.2, -0.15) is 0 Å². The van der Waals surface area contributed by atoms with Crippen LogP contribution in [0.4, 0.5) is 14.9 Å². The standard InChI is InChI=1S/C21H23FN4O3/c1-12(2)26-18-11-15(22)6-7-16(18)24-20(26)14-5-4-13(3)17(10-14)25-21(29)23-9-8-19(27)28/h4-7,10-12H,8-9H2,1-3H3,(H,27,28)(H2,23,25,29). The zero-order valence-electron chi connectivity index (χ0n) is 16.5. The fourth-order valence-corrected chi connectivity index (χ4v) is 3.14. The predicted molar refractivity (Wildman–Crippen MR) is 110 cm³/mol. The molecule has 1 aromatic heterocycles. The highest BCUT2D eigenvalue weighted by atomic mass is 19.1. The van der Waals surface area contributed by atoms with Crippen LogP contribution in [0.5, 0.6) is 0 Å². The van der Waals surface area contributed by atoms with Gasteiger partial charge in [-0.3, -0.25) is 4.79 Å². The summed E-state index contributed by atoms with van der Waals surface area (Å²) in [6.45, 7) is 5.89. The maximum atomic E-state index is 13.8. The fraction of sp³-hybridized carbons (Fsp3) is 0.286. The van der Waals surface area contributed by atoms with E-state index < -0.39 is 12.0 Å². The van der Waals surface area contributed by atoms with Gasteiger partial charge in [0, 0.05) is 23.8 Å². The molecule has 0 saturated heterocycles. The Hall–Kier alpha value is -3.42. The maximum absolute atomic E-state index is 13.8. The Bertz CT molecular complexity index is 1080. The third-order valence-electron chi connectivity index (χ3n) is 4.54. The monoisotopic (exact) mass is 398 g/mol. The van der Waals surface area contributed by atoms with E-state index in [9.17, 15) is 14.0 Å². The van der Waals surface area contributed by atoms with Gasteiger partial charge in [0.1, 0.15) is 11.6 Å². The van der Waals surface area contributed by atoms with Crippen molar-refractivity contribution in [1.29, 1.82) is 0 Å². The van der Waals surface area contributed by atoms with E-state index in [2.05, 4.69) is 15.6 Å². The molecule has 29 heavy (non-hydrogen) atoms. The number of carbonyl (C=O) groups excluding carboxylic acids is 1. The van der Waals surface area contributed by atoms with Crippen LogP contribution in [-0.2, 0) is 4.79 Å². The second-order valence-electron chi connectivity index (χ2n) is 7.09. The molecule has 0 radical (unpaired) electrons. The van der Waals surface area contributed by atoms with Crippen molar-refractivity contribution < 1.29 is 19.1 Å². The van der Waals surface area contributed by atoms with Crippen molar-refractivity contribution in [2.45, 2.75) is 33.2 Å². The third-order valence-corrected chi connectivity index (χ3v) is 4.54. The number of imidazole rings is 1. The summed E-state index contributed by atoms with van der Waals surface area (Å²) in [7, 11) is 0. The van der Waals surface area contributed by atoms with Crippen molar-refractivity contribution in [2.75, 3.05) is 11.9 Å². The lowest BCUT2D eigenvalue weighted by Crippen LogP contribution is -2.30. The molecule has 0 spiro atoms. The Morgan fingerprint density at radius 3 is 2.66 bits per heavy atom. The van der Waals surface area contributed by atoms with Crippen LogP contribution in [0.3, 0.4) is 0 Å². The van der Waals surface area contributed by atoms with E-state index in [1.807, 2.05) is 43.5 Å². The maximum Gasteiger partial charge on any atom is 0.319 e. The Balaban J connectivity index is 1.94. The quantitative estimate of drug-likeness (QED) is 0.576. The minimum Gasteiger partial charge on any atom is -0.481 e. The number of benzene rings is 2. The Kier molecular flexibility index (Phi) is 5.81. The number of anilines is 1. The van der Waals surface area contributed by atoms with Crippen LogP contribution in [-0.4, -0.2) is 33.2 Å². The number of amides is 2. The average Bonchev–Trinajstić information content (AvgIpc) is 3.02. The topological polar surface area (TPSA) is 96.3 Å². The molecule has 3 aromatic rings. The Morgan fingerprint density at radius 2 is 1.97 bits per heavy atom. The number of rotatable bonds is 6. The first kappa shape index (κ1) is 20.3. The van der Waals surface area contributed by atoms with Crippen molar-refractivity contribution >= 4 is 28.7 Å². The summed E-state index contributed by atoms with van der Waals surface area (Å²) >= 11 is 0. The first-order valence-corrected chi connectivity index (χ1v) is 9.31. The number of aromatic nitrogens is 2. The van der Waals surface area contributed by atoms with Crippen molar-refractivity contribution in [3.8, 4) is 11.4 Å². The van der Waals surface area contributed by atoms with E-state index in [4.69, 9.17) is 5.11 Å². The molecule has 0 aliphatic heterocycles. The molecule has 0 saturated carbocycles. The third kappa shape index (κ3) is 4.53. The van der Waals surface area contributed by atoms with Gasteiger partial charge < -0.3 is 20.3 Å². The lowest BCUT2D eigenvalue weighted by molar-refractivity contribution is -0.136. The number of carbonyl (C=O) groups is 2. The van der Waals surface area contributed by atoms with E-state index in [-0.39, 0.29) is 24.8 Å². The van der Waals surface area contributed by atoms with Crippen LogP contribution >= 0.6 is 0 Å². The van der Waals surface area contributed by atoms with Crippen molar-refractivity contribution in [3.63, 3.8) is 0 Å². The molecule has 2 amide bonds. The molecule has 0 atom stereocenters. The van der Waals surface area contributed by atoms with Crippen LogP contribution in [0.2, 0.25) is 0 Å². The molecule has 1 heterocycles. The molecule has 0 unspecified atom stereocenters. The molecule has 8 heteroatoms. The second-order valence-corrected chi connectivity index (χ2v) is 7.09. The summed E-state index contributed by atoms with van der Waals surface area (Å²) < 4.78 is 15.7. The average molecular weight is 398 g/mol. The van der Waals surface area contributed by atoms with E-state index in [1.54, 1.807) is 6.07 Å². The number of hydrogen-bond donors (Lipinski definition) is 3. The summed E-state index contributed by atoms with van der Waals surface area (Å²) in [6.07, 6.45) is -0.151. The first-order valence-electron chi connectivity index (χ1n) is 9.31. The number of urea groups is 1. The van der Waals surface area contributed by atoms with Gasteiger partial charge in [-0.15, -0.1) is 0 Å². The number of carboxylic acid groups (broad SMARTS) is 1. The summed E-state index contributed by atoms with van der Waals surface area (Å²) in [5.41, 5.74) is 3.61. The molecular weight excluding hydrogens is 375 g/mol. The minimum atomic E-state index is -0.979. The number of nitrogens with zero attached hydrogens (tertiary/aromatic N) is 2. The van der Waals surface area contributed by atoms with Gasteiger partial charge in [-0.25, -0.2) is 14.2 Å². The fourth-order valence-electron chi connectivity index (χ4n) is 3.14. The van der Waals surface area contributed by atoms with Gasteiger partial charge >= 0.3 is 12.0 Å². The van der Waals surface area contributed by atoms with Crippen LogP contribution in [0.25, 0.3) is 22.4 Å². The lowest BCUT2D eigenvalue weighted by Gasteiger charge is -2.15. The van der Waals surface area contributed by atoms with Crippen LogP contribution in [0, 0.1) is 12.7 Å². The van der Waals surface area contributed by atoms with Gasteiger partial charge in [0.25, 0.3) is 0 Å². The molecule has 3 rings (SSSR count). The SMILES string of the molecule is Cc1ccc(-c2nc3ccc(F)cc3n2C(C)C)cc1NC(=O)NCCC(=O)O. The highest BCUT2D eigenvalue weighted by Crippen LogP contribution is 2.31. The lowest BCUT2D eigenvalue weighted by atomic mass is 10.1. The smallest absolute Gasteiger partial charge is 0.319 e. The predicted octanol–water partition coefficient (Wildman–Crippen LogP) is 4.33. The number of fused-ring (bicyclic) bond motifs is 1. The summed E-state index contributed by atoms with van der Waals surface area (Å²) in [4.78, 5) is 27.3. The molecule has 3 N–H and O–H groups in total. The second kappa shape index (κ2) is 8.30. The van der Waals surface area contributed by atoms with Gasteiger partial charge in [0.05, 0.1) is 17.5 Å². The molecular formula is C21H23FN4O3. The number of aliphatic carboxylic acids is 1. The Labute approximate surface area is 167 Å². The molecule has 0 bridgehead atoms. The molecule has 152 valence electrons. The molecule has 0 fully saturated rings. The highest BCUT2D eigenvalue weighted by Gasteiger charge is 2.17. The van der Waals surface area contributed by atoms with Gasteiger partial charge in [-0.05, 0) is 50.6 Å². The number of halogens is 1. The minimum absolute atomic E-state index is 0.0363. The van der Waals surface area contributed by atoms with Crippen LogP contribution < -0.4 is 10.6 Å². The van der Waals surface area contributed by atoms with E-state index >= 15 is 0 Å². The van der Waals surface area contributed by atoms with Gasteiger partial charge in [0.15, 0.2) is 0 Å². The van der Waals surface area contributed by atoms with E-state index in [0.717, 1.165) is 11.1 Å². The molecule has 2 aromatic carbocycles. The van der Waals surface area contributed by atoms with Crippen molar-refractivity contribution in [2.24, 2.45) is 0 Å². The number of nitrogens with one attached hydrogen (secondary N) is 2. The summed E-state index contributed by atoms with van der Waals surface area (Å²) in [5.74, 6) is -0.627. The number of aryl methyl sites for hydroxylation is 1. The van der Waals surface area contributed by atoms with Gasteiger partial charge in [0.2, 0.25) is 0 Å². The van der Waals surface area contributed by atoms with Crippen molar-refractivity contribution in [3.05, 3.63) is 47.8 Å². The molecule has 0 aliphatic rings. The Morgan fingerprint density at radius 1 is 1.21 bits per heavy atom. The largest absolute Gasteiger partial charge is 0.481 e. The van der Waals surface area contributed by atoms with Crippen LogP contribution in [0.15, 0.2) is 36.4 Å². The van der Waals surface area contributed by atoms with Gasteiger partial charge in [-0.1, -0.05) is 12.1 Å². The number of hydrogen-bond acceptors (Lipinski definition) is 3. The highest BCUT2D eigenvalue weighted by molar-refractivity contribution is 5.91. The first-order chi connectivity index (χ1) is 13.8. The summed E-state index contributed by atoms with van der Waals surface area (Å²) in [6, 6.07) is 9.65. The zero-order valence-corrected chi connectivity index (χ0v) is 16.5. The van der Waals surface area contributed by atoms with E-state index in [0.29, 0.717) is 22.5 Å². The van der Waals surface area contributed by atoms with Crippen LogP contribution in [0.1, 0.15) is 31.9 Å². The number of carboxylic acids is 1. The van der Waals surface area contributed by atoms with Crippen molar-refractivity contribution in [1.82, 2.24) is 14.9 Å². The molecule has 7 nitrogen and oxygen atoms in total. The molecule has 0 aliphatic carbocycles.